The summed E-state index contributed by atoms with van der Waals surface area (Å²) in [7, 11) is 3.48. The predicted octanol–water partition coefficient (Wildman–Crippen LogP) is 2.59. The summed E-state index contributed by atoms with van der Waals surface area (Å²) >= 11 is 0. The number of hydrogen-bond acceptors (Lipinski definition) is 3. The van der Waals surface area contributed by atoms with Gasteiger partial charge >= 0.3 is 0 Å². The zero-order valence-corrected chi connectivity index (χ0v) is 11.7. The van der Waals surface area contributed by atoms with Gasteiger partial charge in [-0.05, 0) is 31.1 Å². The second-order valence-corrected chi connectivity index (χ2v) is 6.05. The van der Waals surface area contributed by atoms with Gasteiger partial charge in [0, 0.05) is 26.6 Å². The summed E-state index contributed by atoms with van der Waals surface area (Å²) in [6.07, 6.45) is 7.03. The number of carbonyl (C=O) groups excluding carboxylic acids is 1. The highest BCUT2D eigenvalue weighted by molar-refractivity contribution is 5.99. The van der Waals surface area contributed by atoms with Crippen LogP contribution in [0.4, 0.5) is 0 Å². The van der Waals surface area contributed by atoms with Crippen LogP contribution < -0.4 is 0 Å². The third-order valence-corrected chi connectivity index (χ3v) is 4.24. The molecular weight excluding hydrogens is 228 g/mol. The SMILES string of the molecule is COC1(C(=O)c2nccn2C)CCC(C)(C)CC1. The minimum Gasteiger partial charge on any atom is -0.370 e. The number of aromatic nitrogens is 2. The predicted molar refractivity (Wildman–Crippen MR) is 69.5 cm³/mol. The number of ether oxygens (including phenoxy) is 1. The van der Waals surface area contributed by atoms with E-state index < -0.39 is 5.60 Å². The maximum atomic E-state index is 12.6. The van der Waals surface area contributed by atoms with E-state index in [2.05, 4.69) is 18.8 Å². The summed E-state index contributed by atoms with van der Waals surface area (Å²) in [5.74, 6) is 0.518. The smallest absolute Gasteiger partial charge is 0.229 e. The molecule has 100 valence electrons. The minimum absolute atomic E-state index is 0.0213. The molecule has 4 heteroatoms. The van der Waals surface area contributed by atoms with Crippen LogP contribution >= 0.6 is 0 Å². The Kier molecular flexibility index (Phi) is 3.32. The molecule has 0 aromatic carbocycles. The highest BCUT2D eigenvalue weighted by Gasteiger charge is 2.45. The maximum absolute atomic E-state index is 12.6. The molecule has 0 aliphatic heterocycles. The topological polar surface area (TPSA) is 44.1 Å². The van der Waals surface area contributed by atoms with Crippen molar-refractivity contribution in [3.8, 4) is 0 Å². The first-order chi connectivity index (χ1) is 8.40. The average molecular weight is 250 g/mol. The van der Waals surface area contributed by atoms with Crippen molar-refractivity contribution in [3.05, 3.63) is 18.2 Å². The Morgan fingerprint density at radius 3 is 2.39 bits per heavy atom. The first kappa shape index (κ1) is 13.3. The molecule has 0 N–H and O–H groups in total. The molecule has 0 spiro atoms. The third-order valence-electron chi connectivity index (χ3n) is 4.24. The summed E-state index contributed by atoms with van der Waals surface area (Å²) in [6.45, 7) is 4.50. The van der Waals surface area contributed by atoms with E-state index in [0.29, 0.717) is 11.2 Å². The van der Waals surface area contributed by atoms with Gasteiger partial charge < -0.3 is 9.30 Å². The number of aryl methyl sites for hydroxylation is 1. The standard InChI is InChI=1S/C14H22N2O2/c1-13(2)5-7-14(18-4,8-6-13)11(17)12-15-9-10-16(12)3/h9-10H,5-8H2,1-4H3. The normalized spacial score (nSPS) is 21.8. The monoisotopic (exact) mass is 250 g/mol. The van der Waals surface area contributed by atoms with Gasteiger partial charge in [0.1, 0.15) is 5.60 Å². The minimum atomic E-state index is -0.672. The van der Waals surface area contributed by atoms with E-state index in [9.17, 15) is 4.79 Å². The average Bonchev–Trinajstić information content (AvgIpc) is 2.75. The molecule has 1 fully saturated rings. The van der Waals surface area contributed by atoms with Crippen molar-refractivity contribution in [3.63, 3.8) is 0 Å². The van der Waals surface area contributed by atoms with Crippen LogP contribution in [0.5, 0.6) is 0 Å². The molecule has 0 atom stereocenters. The van der Waals surface area contributed by atoms with E-state index in [-0.39, 0.29) is 5.78 Å². The molecule has 1 heterocycles. The van der Waals surface area contributed by atoms with Crippen LogP contribution in [0.25, 0.3) is 0 Å². The fourth-order valence-electron chi connectivity index (χ4n) is 2.64. The van der Waals surface area contributed by atoms with Crippen molar-refractivity contribution in [2.45, 2.75) is 45.1 Å². The van der Waals surface area contributed by atoms with E-state index in [4.69, 9.17) is 4.74 Å². The van der Waals surface area contributed by atoms with Crippen molar-refractivity contribution >= 4 is 5.78 Å². The molecule has 1 saturated carbocycles. The molecular formula is C14H22N2O2. The molecule has 0 amide bonds. The lowest BCUT2D eigenvalue weighted by molar-refractivity contribution is -0.0391. The van der Waals surface area contributed by atoms with Gasteiger partial charge in [-0.1, -0.05) is 13.8 Å². The third kappa shape index (κ3) is 2.21. The highest BCUT2D eigenvalue weighted by Crippen LogP contribution is 2.43. The van der Waals surface area contributed by atoms with Crippen molar-refractivity contribution in [2.75, 3.05) is 7.11 Å². The highest BCUT2D eigenvalue weighted by atomic mass is 16.5. The number of Topliss-reactive ketones (excluding diaryl/α,β-unsaturated/α-hetero) is 1. The summed E-state index contributed by atoms with van der Waals surface area (Å²) in [4.78, 5) is 16.8. The fourth-order valence-corrected chi connectivity index (χ4v) is 2.64. The molecule has 4 nitrogen and oxygen atoms in total. The van der Waals surface area contributed by atoms with Crippen LogP contribution in [0.3, 0.4) is 0 Å². The number of imidazole rings is 1. The zero-order valence-electron chi connectivity index (χ0n) is 11.7. The second-order valence-electron chi connectivity index (χ2n) is 6.05. The van der Waals surface area contributed by atoms with Gasteiger partial charge in [-0.2, -0.15) is 0 Å². The van der Waals surface area contributed by atoms with Crippen LogP contribution in [0, 0.1) is 5.41 Å². The Bertz CT molecular complexity index is 438. The Hall–Kier alpha value is -1.16. The summed E-state index contributed by atoms with van der Waals surface area (Å²) in [5.41, 5.74) is -0.363. The molecule has 1 aliphatic rings. The lowest BCUT2D eigenvalue weighted by Crippen LogP contribution is -2.46. The van der Waals surface area contributed by atoms with Crippen molar-refractivity contribution in [1.82, 2.24) is 9.55 Å². The second kappa shape index (κ2) is 4.50. The van der Waals surface area contributed by atoms with Gasteiger partial charge in [0.2, 0.25) is 5.78 Å². The molecule has 1 aromatic heterocycles. The van der Waals surface area contributed by atoms with Crippen molar-refractivity contribution < 1.29 is 9.53 Å². The van der Waals surface area contributed by atoms with Crippen LogP contribution in [-0.2, 0) is 11.8 Å². The van der Waals surface area contributed by atoms with Gasteiger partial charge in [0.25, 0.3) is 0 Å². The van der Waals surface area contributed by atoms with Crippen molar-refractivity contribution in [1.29, 1.82) is 0 Å². The van der Waals surface area contributed by atoms with E-state index in [0.717, 1.165) is 25.7 Å². The summed E-state index contributed by atoms with van der Waals surface area (Å²) < 4.78 is 7.38. The number of hydrogen-bond donors (Lipinski definition) is 0. The number of rotatable bonds is 3. The van der Waals surface area contributed by atoms with Crippen LogP contribution in [0.15, 0.2) is 12.4 Å². The molecule has 0 bridgehead atoms. The van der Waals surface area contributed by atoms with Gasteiger partial charge in [-0.25, -0.2) is 4.98 Å². The molecule has 1 aliphatic carbocycles. The Balaban J connectivity index is 2.24. The van der Waals surface area contributed by atoms with Gasteiger partial charge in [-0.3, -0.25) is 4.79 Å². The van der Waals surface area contributed by atoms with E-state index in [1.807, 2.05) is 7.05 Å². The quantitative estimate of drug-likeness (QED) is 0.774. The number of ketones is 1. The summed E-state index contributed by atoms with van der Waals surface area (Å²) in [6, 6.07) is 0. The first-order valence-electron chi connectivity index (χ1n) is 6.47. The molecule has 0 saturated heterocycles. The molecule has 2 rings (SSSR count). The molecule has 0 radical (unpaired) electrons. The van der Waals surface area contributed by atoms with E-state index >= 15 is 0 Å². The van der Waals surface area contributed by atoms with Crippen LogP contribution in [0.1, 0.15) is 50.1 Å². The van der Waals surface area contributed by atoms with E-state index in [1.54, 1.807) is 24.1 Å². The number of methoxy groups -OCH3 is 1. The van der Waals surface area contributed by atoms with E-state index in [1.165, 1.54) is 0 Å². The van der Waals surface area contributed by atoms with Gasteiger partial charge in [0.05, 0.1) is 0 Å². The maximum Gasteiger partial charge on any atom is 0.229 e. The van der Waals surface area contributed by atoms with Crippen LogP contribution in [-0.4, -0.2) is 28.0 Å². The Morgan fingerprint density at radius 1 is 1.33 bits per heavy atom. The van der Waals surface area contributed by atoms with Gasteiger partial charge in [-0.15, -0.1) is 0 Å². The zero-order chi connectivity index (χ0) is 13.4. The van der Waals surface area contributed by atoms with Crippen LogP contribution in [0.2, 0.25) is 0 Å². The molecule has 1 aromatic rings. The van der Waals surface area contributed by atoms with Crippen molar-refractivity contribution in [2.24, 2.45) is 12.5 Å². The molecule has 0 unspecified atom stereocenters. The lowest BCUT2D eigenvalue weighted by Gasteiger charge is -2.41. The number of nitrogens with zero attached hydrogens (tertiary/aromatic N) is 2. The fraction of sp³-hybridized carbons (Fsp3) is 0.714. The first-order valence-corrected chi connectivity index (χ1v) is 6.47. The summed E-state index contributed by atoms with van der Waals surface area (Å²) in [5, 5.41) is 0. The molecule has 18 heavy (non-hydrogen) atoms. The number of carbonyl (C=O) groups is 1. The lowest BCUT2D eigenvalue weighted by atomic mass is 9.69. The largest absolute Gasteiger partial charge is 0.370 e. The van der Waals surface area contributed by atoms with Gasteiger partial charge in [0.15, 0.2) is 5.82 Å². The Labute approximate surface area is 108 Å². The Morgan fingerprint density at radius 2 is 1.94 bits per heavy atom.